The zero-order valence-electron chi connectivity index (χ0n) is 9.58. The van der Waals surface area contributed by atoms with Gasteiger partial charge < -0.3 is 5.32 Å². The van der Waals surface area contributed by atoms with Crippen LogP contribution >= 0.6 is 23.5 Å². The van der Waals surface area contributed by atoms with Crippen molar-refractivity contribution in [3.05, 3.63) is 0 Å². The van der Waals surface area contributed by atoms with Gasteiger partial charge in [-0.3, -0.25) is 0 Å². The van der Waals surface area contributed by atoms with Crippen molar-refractivity contribution < 1.29 is 0 Å². The maximum atomic E-state index is 3.50. The van der Waals surface area contributed by atoms with Crippen LogP contribution < -0.4 is 5.32 Å². The third kappa shape index (κ3) is 3.67. The van der Waals surface area contributed by atoms with Gasteiger partial charge in [-0.15, -0.1) is 0 Å². The summed E-state index contributed by atoms with van der Waals surface area (Å²) in [5, 5.41) is 5.15. The molecule has 3 unspecified atom stereocenters. The van der Waals surface area contributed by atoms with Crippen LogP contribution in [-0.4, -0.2) is 35.1 Å². The lowest BCUT2D eigenvalue weighted by Crippen LogP contribution is -2.42. The maximum Gasteiger partial charge on any atom is 0.0317 e. The van der Waals surface area contributed by atoms with E-state index in [0.717, 1.165) is 16.5 Å². The van der Waals surface area contributed by atoms with Crippen molar-refractivity contribution >= 4 is 23.5 Å². The molecule has 1 aliphatic heterocycles. The summed E-state index contributed by atoms with van der Waals surface area (Å²) >= 11 is 4.31. The van der Waals surface area contributed by atoms with Crippen LogP contribution in [0.1, 0.15) is 33.1 Å². The van der Waals surface area contributed by atoms with Crippen LogP contribution in [0.2, 0.25) is 0 Å². The Hall–Kier alpha value is 0.660. The van der Waals surface area contributed by atoms with Gasteiger partial charge in [0.2, 0.25) is 0 Å². The molecule has 84 valence electrons. The van der Waals surface area contributed by atoms with Crippen LogP contribution in [-0.2, 0) is 0 Å². The Morgan fingerprint density at radius 3 is 2.64 bits per heavy atom. The molecule has 0 saturated carbocycles. The van der Waals surface area contributed by atoms with Gasteiger partial charge in [-0.25, -0.2) is 0 Å². The van der Waals surface area contributed by atoms with Gasteiger partial charge in [0.1, 0.15) is 0 Å². The molecule has 0 spiro atoms. The van der Waals surface area contributed by atoms with E-state index in [4.69, 9.17) is 0 Å². The molecule has 0 amide bonds. The Morgan fingerprint density at radius 1 is 1.36 bits per heavy atom. The molecule has 1 nitrogen and oxygen atoms in total. The van der Waals surface area contributed by atoms with Crippen molar-refractivity contribution in [3.63, 3.8) is 0 Å². The highest BCUT2D eigenvalue weighted by atomic mass is 32.2. The van der Waals surface area contributed by atoms with E-state index in [1.54, 1.807) is 0 Å². The van der Waals surface area contributed by atoms with E-state index in [1.807, 2.05) is 0 Å². The zero-order chi connectivity index (χ0) is 10.4. The first-order valence-electron chi connectivity index (χ1n) is 5.70. The fraction of sp³-hybridized carbons (Fsp3) is 1.00. The van der Waals surface area contributed by atoms with Crippen LogP contribution in [0.25, 0.3) is 0 Å². The molecule has 14 heavy (non-hydrogen) atoms. The Labute approximate surface area is 97.2 Å². The smallest absolute Gasteiger partial charge is 0.0317 e. The first-order valence-corrected chi connectivity index (χ1v) is 7.79. The number of rotatable bonds is 5. The quantitative estimate of drug-likeness (QED) is 0.784. The number of thioether (sulfide) groups is 2. The normalized spacial score (nSPS) is 30.2. The molecule has 1 heterocycles. The molecule has 0 aromatic rings. The minimum atomic E-state index is 0.725. The SMILES string of the molecule is CCCCC(NC)C1SCCSC1C. The van der Waals surface area contributed by atoms with Gasteiger partial charge in [-0.1, -0.05) is 26.7 Å². The van der Waals surface area contributed by atoms with E-state index >= 15 is 0 Å². The van der Waals surface area contributed by atoms with Crippen molar-refractivity contribution in [3.8, 4) is 0 Å². The summed E-state index contributed by atoms with van der Waals surface area (Å²) in [4.78, 5) is 0. The average molecular weight is 233 g/mol. The summed E-state index contributed by atoms with van der Waals surface area (Å²) in [7, 11) is 2.12. The molecule has 1 fully saturated rings. The van der Waals surface area contributed by atoms with Gasteiger partial charge in [0.05, 0.1) is 0 Å². The second-order valence-corrected chi connectivity index (χ2v) is 6.72. The lowest BCUT2D eigenvalue weighted by atomic mass is 10.0. The van der Waals surface area contributed by atoms with E-state index in [1.165, 1.54) is 30.8 Å². The highest BCUT2D eigenvalue weighted by molar-refractivity contribution is 8.07. The van der Waals surface area contributed by atoms with Gasteiger partial charge in [0.25, 0.3) is 0 Å². The molecule has 0 aromatic carbocycles. The number of nitrogens with one attached hydrogen (secondary N) is 1. The van der Waals surface area contributed by atoms with Crippen LogP contribution in [0.3, 0.4) is 0 Å². The van der Waals surface area contributed by atoms with Gasteiger partial charge in [0, 0.05) is 28.0 Å². The topological polar surface area (TPSA) is 12.0 Å². The predicted octanol–water partition coefficient (Wildman–Crippen LogP) is 3.00. The van der Waals surface area contributed by atoms with Crippen molar-refractivity contribution in [1.82, 2.24) is 5.32 Å². The summed E-state index contributed by atoms with van der Waals surface area (Å²) in [6.07, 6.45) is 4.02. The first-order chi connectivity index (χ1) is 6.79. The summed E-state index contributed by atoms with van der Waals surface area (Å²) in [5.41, 5.74) is 0. The molecule has 1 aliphatic rings. The van der Waals surface area contributed by atoms with Crippen LogP contribution in [0.4, 0.5) is 0 Å². The molecule has 0 bridgehead atoms. The molecular formula is C11H23NS2. The summed E-state index contributed by atoms with van der Waals surface area (Å²) in [6, 6.07) is 0.725. The second kappa shape index (κ2) is 7.02. The van der Waals surface area contributed by atoms with Crippen molar-refractivity contribution in [2.45, 2.75) is 49.7 Å². The largest absolute Gasteiger partial charge is 0.316 e. The fourth-order valence-electron chi connectivity index (χ4n) is 1.99. The summed E-state index contributed by atoms with van der Waals surface area (Å²) < 4.78 is 0. The maximum absolute atomic E-state index is 3.50. The van der Waals surface area contributed by atoms with Gasteiger partial charge in [0.15, 0.2) is 0 Å². The molecular weight excluding hydrogens is 210 g/mol. The fourth-order valence-corrected chi connectivity index (χ4v) is 5.03. The van der Waals surface area contributed by atoms with Crippen LogP contribution in [0, 0.1) is 0 Å². The summed E-state index contributed by atoms with van der Waals surface area (Å²) in [5.74, 6) is 2.68. The van der Waals surface area contributed by atoms with Gasteiger partial charge >= 0.3 is 0 Å². The Kier molecular flexibility index (Phi) is 6.38. The van der Waals surface area contributed by atoms with E-state index in [0.29, 0.717) is 0 Å². The number of hydrogen-bond donors (Lipinski definition) is 1. The highest BCUT2D eigenvalue weighted by Gasteiger charge is 2.28. The lowest BCUT2D eigenvalue weighted by Gasteiger charge is -2.34. The molecule has 3 atom stereocenters. The lowest BCUT2D eigenvalue weighted by molar-refractivity contribution is 0.481. The van der Waals surface area contributed by atoms with Gasteiger partial charge in [-0.2, -0.15) is 23.5 Å². The summed E-state index contributed by atoms with van der Waals surface area (Å²) in [6.45, 7) is 4.66. The van der Waals surface area contributed by atoms with Crippen molar-refractivity contribution in [2.24, 2.45) is 0 Å². The molecule has 0 radical (unpaired) electrons. The van der Waals surface area contributed by atoms with E-state index < -0.39 is 0 Å². The standard InChI is InChI=1S/C11H23NS2/c1-4-5-6-10(12-3)11-9(2)13-7-8-14-11/h9-12H,4-8H2,1-3H3. The second-order valence-electron chi connectivity index (χ2n) is 3.95. The molecule has 1 N–H and O–H groups in total. The van der Waals surface area contributed by atoms with Crippen molar-refractivity contribution in [1.29, 1.82) is 0 Å². The minimum Gasteiger partial charge on any atom is -0.316 e. The van der Waals surface area contributed by atoms with E-state index in [9.17, 15) is 0 Å². The molecule has 0 aromatic heterocycles. The number of hydrogen-bond acceptors (Lipinski definition) is 3. The van der Waals surface area contributed by atoms with Crippen LogP contribution in [0.5, 0.6) is 0 Å². The molecule has 0 aliphatic carbocycles. The Bertz CT molecular complexity index is 152. The molecule has 1 saturated heterocycles. The molecule has 3 heteroatoms. The number of unbranched alkanes of at least 4 members (excludes halogenated alkanes) is 1. The zero-order valence-corrected chi connectivity index (χ0v) is 11.2. The monoisotopic (exact) mass is 233 g/mol. The highest BCUT2D eigenvalue weighted by Crippen LogP contribution is 2.34. The van der Waals surface area contributed by atoms with Crippen molar-refractivity contribution in [2.75, 3.05) is 18.6 Å². The minimum absolute atomic E-state index is 0.725. The van der Waals surface area contributed by atoms with E-state index in [-0.39, 0.29) is 0 Å². The van der Waals surface area contributed by atoms with Gasteiger partial charge in [-0.05, 0) is 13.5 Å². The third-order valence-electron chi connectivity index (χ3n) is 2.87. The third-order valence-corrected chi connectivity index (χ3v) is 6.12. The van der Waals surface area contributed by atoms with Crippen LogP contribution in [0.15, 0.2) is 0 Å². The Balaban J connectivity index is 2.40. The predicted molar refractivity (Wildman–Crippen MR) is 70.5 cm³/mol. The first kappa shape index (κ1) is 12.7. The average Bonchev–Trinajstić information content (AvgIpc) is 2.21. The Morgan fingerprint density at radius 2 is 2.07 bits per heavy atom. The van der Waals surface area contributed by atoms with E-state index in [2.05, 4.69) is 49.7 Å². The molecule has 1 rings (SSSR count).